The molecule has 0 unspecified atom stereocenters. The number of ketones is 1. The van der Waals surface area contributed by atoms with Gasteiger partial charge >= 0.3 is 0 Å². The maximum atomic E-state index is 12.1. The first-order valence-electron chi connectivity index (χ1n) is 8.59. The molecule has 0 saturated heterocycles. The number of Topliss-reactive ketones (excluding diaryl/α,β-unsaturated/α-hetero) is 1. The zero-order valence-electron chi connectivity index (χ0n) is 15.1. The minimum atomic E-state index is -3.44. The fraction of sp³-hybridized carbons (Fsp3) is 0.300. The number of sulfone groups is 1. The van der Waals surface area contributed by atoms with Gasteiger partial charge in [-0.1, -0.05) is 29.8 Å². The predicted molar refractivity (Wildman–Crippen MR) is 106 cm³/mol. The van der Waals surface area contributed by atoms with Gasteiger partial charge in [0.1, 0.15) is 5.78 Å². The molecule has 0 radical (unpaired) electrons. The number of aryl methyl sites for hydroxylation is 1. The van der Waals surface area contributed by atoms with Gasteiger partial charge in [0.15, 0.2) is 9.84 Å². The van der Waals surface area contributed by atoms with Crippen LogP contribution in [-0.2, 0) is 14.6 Å². The molecule has 142 valence electrons. The summed E-state index contributed by atoms with van der Waals surface area (Å²) in [7, 11) is -3.44. The number of nitrogens with one attached hydrogen (secondary N) is 1. The van der Waals surface area contributed by atoms with Gasteiger partial charge in [0.25, 0.3) is 5.56 Å². The highest BCUT2D eigenvalue weighted by Crippen LogP contribution is 2.32. The average molecular weight is 406 g/mol. The molecule has 1 saturated carbocycles. The molecule has 3 rings (SSSR count). The number of benzene rings is 1. The molecule has 1 aliphatic rings. The Hall–Kier alpha value is -2.18. The summed E-state index contributed by atoms with van der Waals surface area (Å²) in [6, 6.07) is 8.25. The van der Waals surface area contributed by atoms with E-state index < -0.39 is 9.84 Å². The number of rotatable bonds is 4. The van der Waals surface area contributed by atoms with E-state index in [0.717, 1.165) is 18.2 Å². The molecule has 1 fully saturated rings. The first kappa shape index (κ1) is 19.6. The summed E-state index contributed by atoms with van der Waals surface area (Å²) in [6.07, 6.45) is 4.85. The second-order valence-electron chi connectivity index (χ2n) is 6.92. The topological polar surface area (TPSA) is 84.1 Å². The first-order valence-corrected chi connectivity index (χ1v) is 10.9. The number of hydrogen-bond acceptors (Lipinski definition) is 4. The number of carbonyl (C=O) groups excluding carboxylic acids is 1. The van der Waals surface area contributed by atoms with Gasteiger partial charge in [0.2, 0.25) is 0 Å². The molecular weight excluding hydrogens is 386 g/mol. The monoisotopic (exact) mass is 405 g/mol. The number of hydrogen-bond donors (Lipinski definition) is 1. The third kappa shape index (κ3) is 4.39. The third-order valence-electron chi connectivity index (χ3n) is 4.73. The van der Waals surface area contributed by atoms with Gasteiger partial charge in [0, 0.05) is 35.9 Å². The summed E-state index contributed by atoms with van der Waals surface area (Å²) in [5.41, 5.74) is 2.42. The number of H-pyrrole nitrogens is 1. The molecule has 27 heavy (non-hydrogen) atoms. The molecule has 0 spiro atoms. The lowest BCUT2D eigenvalue weighted by molar-refractivity contribution is -0.117. The Morgan fingerprint density at radius 2 is 1.96 bits per heavy atom. The van der Waals surface area contributed by atoms with Crippen LogP contribution in [0.5, 0.6) is 0 Å². The second-order valence-corrected chi connectivity index (χ2v) is 9.31. The molecule has 1 N–H and O–H groups in total. The van der Waals surface area contributed by atoms with E-state index in [4.69, 9.17) is 11.6 Å². The average Bonchev–Trinajstić information content (AvgIpc) is 2.99. The molecule has 7 heteroatoms. The zero-order valence-corrected chi connectivity index (χ0v) is 16.7. The lowest BCUT2D eigenvalue weighted by atomic mass is 9.96. The number of aromatic amines is 1. The van der Waals surface area contributed by atoms with Crippen LogP contribution >= 0.6 is 11.6 Å². The van der Waals surface area contributed by atoms with E-state index in [1.807, 2.05) is 6.08 Å². The van der Waals surface area contributed by atoms with Crippen LogP contribution in [0.3, 0.4) is 0 Å². The smallest absolute Gasteiger partial charge is 0.251 e. The lowest BCUT2D eigenvalue weighted by Gasteiger charge is -2.13. The van der Waals surface area contributed by atoms with Gasteiger partial charge in [-0.3, -0.25) is 9.59 Å². The van der Waals surface area contributed by atoms with Crippen LogP contribution in [0.15, 0.2) is 46.1 Å². The summed E-state index contributed by atoms with van der Waals surface area (Å²) < 4.78 is 23.6. The maximum Gasteiger partial charge on any atom is 0.251 e. The van der Waals surface area contributed by atoms with Gasteiger partial charge in [-0.25, -0.2) is 8.42 Å². The maximum absolute atomic E-state index is 12.1. The van der Waals surface area contributed by atoms with Crippen molar-refractivity contribution in [3.8, 4) is 0 Å². The Bertz CT molecular complexity index is 1100. The van der Waals surface area contributed by atoms with Crippen molar-refractivity contribution in [1.29, 1.82) is 0 Å². The van der Waals surface area contributed by atoms with Crippen LogP contribution < -0.4 is 5.56 Å². The van der Waals surface area contributed by atoms with E-state index >= 15 is 0 Å². The first-order chi connectivity index (χ1) is 12.6. The van der Waals surface area contributed by atoms with Crippen molar-refractivity contribution in [2.24, 2.45) is 5.92 Å². The number of aromatic nitrogens is 1. The quantitative estimate of drug-likeness (QED) is 0.843. The van der Waals surface area contributed by atoms with Gasteiger partial charge < -0.3 is 4.98 Å². The normalized spacial score (nSPS) is 18.1. The van der Waals surface area contributed by atoms with Crippen molar-refractivity contribution in [3.05, 3.63) is 68.6 Å². The van der Waals surface area contributed by atoms with Crippen molar-refractivity contribution in [2.45, 2.75) is 31.1 Å². The predicted octanol–water partition coefficient (Wildman–Crippen LogP) is 3.54. The van der Waals surface area contributed by atoms with E-state index in [1.165, 1.54) is 6.07 Å². The SMILES string of the molecule is Cc1ccc(/C(=C\[C@H]2CCC(=O)C2)c2ccc(S(C)(=O)=O)c(Cl)c2)[nH]c1=O. The lowest BCUT2D eigenvalue weighted by Crippen LogP contribution is -2.11. The summed E-state index contributed by atoms with van der Waals surface area (Å²) in [4.78, 5) is 26.6. The van der Waals surface area contributed by atoms with Crippen LogP contribution in [0.25, 0.3) is 5.57 Å². The summed E-state index contributed by atoms with van der Waals surface area (Å²) in [5, 5.41) is 0.123. The molecule has 5 nitrogen and oxygen atoms in total. The third-order valence-corrected chi connectivity index (χ3v) is 6.30. The molecule has 1 atom stereocenters. The van der Waals surface area contributed by atoms with E-state index in [9.17, 15) is 18.0 Å². The number of halogens is 1. The van der Waals surface area contributed by atoms with Crippen molar-refractivity contribution in [3.63, 3.8) is 0 Å². The fourth-order valence-electron chi connectivity index (χ4n) is 3.24. The Balaban J connectivity index is 2.13. The highest BCUT2D eigenvalue weighted by molar-refractivity contribution is 7.90. The standard InChI is InChI=1S/C20H20ClNO4S/c1-12-3-7-18(22-20(12)24)16(10-13-4-6-15(23)9-13)14-5-8-19(17(21)11-14)27(2,25)26/h3,5,7-8,10-11,13H,4,6,9H2,1-2H3,(H,22,24)/b16-10-/t13-/m0/s1. The van der Waals surface area contributed by atoms with E-state index in [0.29, 0.717) is 29.7 Å². The Labute approximate surface area is 163 Å². The molecule has 1 aromatic carbocycles. The summed E-state index contributed by atoms with van der Waals surface area (Å²) in [5.74, 6) is 0.295. The molecule has 1 heterocycles. The van der Waals surface area contributed by atoms with E-state index in [-0.39, 0.29) is 27.2 Å². The largest absolute Gasteiger partial charge is 0.322 e. The van der Waals surface area contributed by atoms with Gasteiger partial charge in [-0.15, -0.1) is 0 Å². The molecular formula is C20H20ClNO4S. The number of carbonyl (C=O) groups is 1. The van der Waals surface area contributed by atoms with Crippen LogP contribution in [0.4, 0.5) is 0 Å². The number of pyridine rings is 1. The highest BCUT2D eigenvalue weighted by Gasteiger charge is 2.22. The van der Waals surface area contributed by atoms with Crippen molar-refractivity contribution in [1.82, 2.24) is 4.98 Å². The fourth-order valence-corrected chi connectivity index (χ4v) is 4.56. The highest BCUT2D eigenvalue weighted by atomic mass is 35.5. The molecule has 0 bridgehead atoms. The van der Waals surface area contributed by atoms with Crippen molar-refractivity contribution >= 4 is 32.8 Å². The van der Waals surface area contributed by atoms with Gasteiger partial charge in [-0.05, 0) is 43.0 Å². The minimum absolute atomic E-state index is 0.0562. The summed E-state index contributed by atoms with van der Waals surface area (Å²) in [6.45, 7) is 1.72. The molecule has 1 aliphatic carbocycles. The number of allylic oxidation sites excluding steroid dienone is 1. The van der Waals surface area contributed by atoms with Crippen LogP contribution in [0.1, 0.15) is 36.1 Å². The van der Waals surface area contributed by atoms with Crippen LogP contribution in [-0.4, -0.2) is 25.4 Å². The molecule has 0 aliphatic heterocycles. The van der Waals surface area contributed by atoms with Crippen LogP contribution in [0.2, 0.25) is 5.02 Å². The second kappa shape index (κ2) is 7.44. The molecule has 1 aromatic heterocycles. The van der Waals surface area contributed by atoms with Gasteiger partial charge in [0.05, 0.1) is 9.92 Å². The Morgan fingerprint density at radius 3 is 2.52 bits per heavy atom. The van der Waals surface area contributed by atoms with E-state index in [1.54, 1.807) is 31.2 Å². The van der Waals surface area contributed by atoms with Crippen molar-refractivity contribution in [2.75, 3.05) is 6.26 Å². The zero-order chi connectivity index (χ0) is 19.8. The molecule has 2 aromatic rings. The minimum Gasteiger partial charge on any atom is -0.322 e. The van der Waals surface area contributed by atoms with Crippen LogP contribution in [0, 0.1) is 12.8 Å². The van der Waals surface area contributed by atoms with E-state index in [2.05, 4.69) is 4.98 Å². The Morgan fingerprint density at radius 1 is 1.22 bits per heavy atom. The molecule has 0 amide bonds. The Kier molecular flexibility index (Phi) is 5.40. The van der Waals surface area contributed by atoms with Crippen molar-refractivity contribution < 1.29 is 13.2 Å². The van der Waals surface area contributed by atoms with Gasteiger partial charge in [-0.2, -0.15) is 0 Å². The summed E-state index contributed by atoms with van der Waals surface area (Å²) >= 11 is 6.21.